The lowest BCUT2D eigenvalue weighted by Gasteiger charge is -2.22. The Hall–Kier alpha value is -0.870. The number of nitrogens with one attached hydrogen (secondary N) is 1. The molecular formula is C14H20BrNO2. The number of halogens is 1. The second-order valence-corrected chi connectivity index (χ2v) is 6.18. The first-order valence-corrected chi connectivity index (χ1v) is 6.78. The molecule has 1 aromatic carbocycles. The van der Waals surface area contributed by atoms with Crippen molar-refractivity contribution in [3.8, 4) is 0 Å². The summed E-state index contributed by atoms with van der Waals surface area (Å²) >= 11 is 3.42. The van der Waals surface area contributed by atoms with Gasteiger partial charge in [0, 0.05) is 11.0 Å². The summed E-state index contributed by atoms with van der Waals surface area (Å²) < 4.78 is 6.33. The van der Waals surface area contributed by atoms with Crippen LogP contribution in [-0.2, 0) is 16.1 Å². The molecule has 0 aliphatic rings. The van der Waals surface area contributed by atoms with Gasteiger partial charge < -0.3 is 10.1 Å². The molecule has 0 aliphatic heterocycles. The Labute approximate surface area is 117 Å². The molecule has 1 unspecified atom stereocenters. The van der Waals surface area contributed by atoms with Crippen molar-refractivity contribution < 1.29 is 9.53 Å². The van der Waals surface area contributed by atoms with Crippen molar-refractivity contribution in [1.82, 2.24) is 5.32 Å². The smallest absolute Gasteiger partial charge is 0.323 e. The van der Waals surface area contributed by atoms with E-state index in [0.29, 0.717) is 6.54 Å². The van der Waals surface area contributed by atoms with E-state index in [1.54, 1.807) is 0 Å². The van der Waals surface area contributed by atoms with Gasteiger partial charge in [0.2, 0.25) is 0 Å². The lowest BCUT2D eigenvalue weighted by Crippen LogP contribution is -2.38. The Morgan fingerprint density at radius 2 is 2.11 bits per heavy atom. The zero-order valence-corrected chi connectivity index (χ0v) is 12.9. The Morgan fingerprint density at radius 1 is 1.44 bits per heavy atom. The lowest BCUT2D eigenvalue weighted by atomic mass is 10.2. The zero-order chi connectivity index (χ0) is 13.8. The van der Waals surface area contributed by atoms with Gasteiger partial charge in [-0.2, -0.15) is 0 Å². The average Bonchev–Trinajstić information content (AvgIpc) is 2.23. The highest BCUT2D eigenvalue weighted by molar-refractivity contribution is 9.10. The van der Waals surface area contributed by atoms with E-state index < -0.39 is 5.60 Å². The van der Waals surface area contributed by atoms with Gasteiger partial charge in [-0.1, -0.05) is 28.1 Å². The standard InChI is InChI=1S/C14H20BrNO2/c1-10(13(17)18-14(2,3)4)16-9-11-6-5-7-12(15)8-11/h5-8,10,16H,9H2,1-4H3. The summed E-state index contributed by atoms with van der Waals surface area (Å²) in [5, 5.41) is 3.15. The molecule has 0 saturated carbocycles. The first kappa shape index (κ1) is 15.2. The topological polar surface area (TPSA) is 38.3 Å². The van der Waals surface area contributed by atoms with Crippen molar-refractivity contribution in [2.45, 2.75) is 45.9 Å². The van der Waals surface area contributed by atoms with Crippen LogP contribution >= 0.6 is 15.9 Å². The first-order valence-electron chi connectivity index (χ1n) is 5.98. The highest BCUT2D eigenvalue weighted by atomic mass is 79.9. The van der Waals surface area contributed by atoms with Crippen LogP contribution in [0.15, 0.2) is 28.7 Å². The molecule has 100 valence electrons. The third kappa shape index (κ3) is 5.65. The number of ether oxygens (including phenoxy) is 1. The molecule has 1 aromatic rings. The van der Waals surface area contributed by atoms with Gasteiger partial charge in [0.25, 0.3) is 0 Å². The van der Waals surface area contributed by atoms with Gasteiger partial charge in [-0.3, -0.25) is 4.79 Å². The van der Waals surface area contributed by atoms with E-state index >= 15 is 0 Å². The number of benzene rings is 1. The van der Waals surface area contributed by atoms with Gasteiger partial charge in [0.05, 0.1) is 0 Å². The summed E-state index contributed by atoms with van der Waals surface area (Å²) in [4.78, 5) is 11.8. The largest absolute Gasteiger partial charge is 0.459 e. The van der Waals surface area contributed by atoms with Crippen molar-refractivity contribution in [2.24, 2.45) is 0 Å². The van der Waals surface area contributed by atoms with E-state index in [4.69, 9.17) is 4.74 Å². The third-order valence-electron chi connectivity index (χ3n) is 2.26. The van der Waals surface area contributed by atoms with Crippen LogP contribution < -0.4 is 5.32 Å². The van der Waals surface area contributed by atoms with Crippen LogP contribution in [0.4, 0.5) is 0 Å². The molecule has 0 bridgehead atoms. The Balaban J connectivity index is 2.46. The summed E-state index contributed by atoms with van der Waals surface area (Å²) in [6.07, 6.45) is 0. The first-order chi connectivity index (χ1) is 8.28. The second kappa shape index (κ2) is 6.34. The molecule has 1 atom stereocenters. The third-order valence-corrected chi connectivity index (χ3v) is 2.75. The number of hydrogen-bond donors (Lipinski definition) is 1. The molecule has 1 rings (SSSR count). The Kier molecular flexibility index (Phi) is 5.35. The number of carbonyl (C=O) groups is 1. The van der Waals surface area contributed by atoms with Crippen LogP contribution in [0.2, 0.25) is 0 Å². The maximum atomic E-state index is 11.8. The fourth-order valence-electron chi connectivity index (χ4n) is 1.39. The summed E-state index contributed by atoms with van der Waals surface area (Å²) in [5.41, 5.74) is 0.683. The number of hydrogen-bond acceptors (Lipinski definition) is 3. The van der Waals surface area contributed by atoms with Crippen molar-refractivity contribution in [3.05, 3.63) is 34.3 Å². The van der Waals surface area contributed by atoms with Crippen LogP contribution in [0.1, 0.15) is 33.3 Å². The van der Waals surface area contributed by atoms with Crippen molar-refractivity contribution in [1.29, 1.82) is 0 Å². The highest BCUT2D eigenvalue weighted by Gasteiger charge is 2.21. The minimum Gasteiger partial charge on any atom is -0.459 e. The predicted molar refractivity (Wildman–Crippen MR) is 76.3 cm³/mol. The number of carbonyl (C=O) groups excluding carboxylic acids is 1. The molecule has 18 heavy (non-hydrogen) atoms. The second-order valence-electron chi connectivity index (χ2n) is 5.27. The molecular weight excluding hydrogens is 294 g/mol. The Bertz CT molecular complexity index is 413. The fourth-order valence-corrected chi connectivity index (χ4v) is 1.84. The van der Waals surface area contributed by atoms with Gasteiger partial charge in [-0.15, -0.1) is 0 Å². The molecule has 0 heterocycles. The van der Waals surface area contributed by atoms with Crippen molar-refractivity contribution in [2.75, 3.05) is 0 Å². The van der Waals surface area contributed by atoms with E-state index in [9.17, 15) is 4.79 Å². The fraction of sp³-hybridized carbons (Fsp3) is 0.500. The molecule has 0 aromatic heterocycles. The normalized spacial score (nSPS) is 13.2. The van der Waals surface area contributed by atoms with Crippen molar-refractivity contribution >= 4 is 21.9 Å². The van der Waals surface area contributed by atoms with Gasteiger partial charge in [0.1, 0.15) is 11.6 Å². The zero-order valence-electron chi connectivity index (χ0n) is 11.3. The van der Waals surface area contributed by atoms with Crippen LogP contribution in [0, 0.1) is 0 Å². The van der Waals surface area contributed by atoms with Gasteiger partial charge in [-0.25, -0.2) is 0 Å². The van der Waals surface area contributed by atoms with E-state index in [1.165, 1.54) is 0 Å². The van der Waals surface area contributed by atoms with E-state index in [1.807, 2.05) is 52.0 Å². The maximum Gasteiger partial charge on any atom is 0.323 e. The molecule has 0 saturated heterocycles. The van der Waals surface area contributed by atoms with Gasteiger partial charge in [0.15, 0.2) is 0 Å². The quantitative estimate of drug-likeness (QED) is 0.867. The summed E-state index contributed by atoms with van der Waals surface area (Å²) in [7, 11) is 0. The molecule has 1 N–H and O–H groups in total. The maximum absolute atomic E-state index is 11.8. The van der Waals surface area contributed by atoms with Gasteiger partial charge in [-0.05, 0) is 45.4 Å². The molecule has 0 amide bonds. The van der Waals surface area contributed by atoms with Crippen LogP contribution in [0.5, 0.6) is 0 Å². The molecule has 0 radical (unpaired) electrons. The minimum absolute atomic E-state index is 0.225. The average molecular weight is 314 g/mol. The van der Waals surface area contributed by atoms with Crippen LogP contribution in [-0.4, -0.2) is 17.6 Å². The molecule has 0 spiro atoms. The van der Waals surface area contributed by atoms with Crippen LogP contribution in [0.3, 0.4) is 0 Å². The van der Waals surface area contributed by atoms with E-state index in [0.717, 1.165) is 10.0 Å². The SMILES string of the molecule is CC(NCc1cccc(Br)c1)C(=O)OC(C)(C)C. The minimum atomic E-state index is -0.442. The monoisotopic (exact) mass is 313 g/mol. The van der Waals surface area contributed by atoms with Crippen LogP contribution in [0.25, 0.3) is 0 Å². The highest BCUT2D eigenvalue weighted by Crippen LogP contribution is 2.12. The molecule has 3 nitrogen and oxygen atoms in total. The van der Waals surface area contributed by atoms with Gasteiger partial charge >= 0.3 is 5.97 Å². The summed E-state index contributed by atoms with van der Waals surface area (Å²) in [6, 6.07) is 7.66. The Morgan fingerprint density at radius 3 is 2.67 bits per heavy atom. The van der Waals surface area contributed by atoms with Crippen molar-refractivity contribution in [3.63, 3.8) is 0 Å². The van der Waals surface area contributed by atoms with E-state index in [-0.39, 0.29) is 12.0 Å². The van der Waals surface area contributed by atoms with E-state index in [2.05, 4.69) is 21.2 Å². The summed E-state index contributed by atoms with van der Waals surface area (Å²) in [5.74, 6) is -0.225. The molecule has 0 aliphatic carbocycles. The molecule has 4 heteroatoms. The number of rotatable bonds is 4. The predicted octanol–water partition coefficient (Wildman–Crippen LogP) is 3.27. The summed E-state index contributed by atoms with van der Waals surface area (Å²) in [6.45, 7) is 8.05. The molecule has 0 fully saturated rings. The lowest BCUT2D eigenvalue weighted by molar-refractivity contribution is -0.157. The number of esters is 1.